The lowest BCUT2D eigenvalue weighted by Gasteiger charge is -2.28. The number of fused-ring (bicyclic) bond motifs is 1. The van der Waals surface area contributed by atoms with Crippen molar-refractivity contribution in [3.05, 3.63) is 40.6 Å². The maximum Gasteiger partial charge on any atom is 0.294 e. The molecule has 0 aliphatic heterocycles. The van der Waals surface area contributed by atoms with E-state index < -0.39 is 16.7 Å². The number of rotatable bonds is 13. The summed E-state index contributed by atoms with van der Waals surface area (Å²) < 4.78 is 5.74. The first kappa shape index (κ1) is 22.4. The highest BCUT2D eigenvalue weighted by Crippen LogP contribution is 2.24. The van der Waals surface area contributed by atoms with Gasteiger partial charge < -0.3 is 30.3 Å². The van der Waals surface area contributed by atoms with Gasteiger partial charge in [0.25, 0.3) is 5.09 Å². The van der Waals surface area contributed by atoms with Gasteiger partial charge in [0.15, 0.2) is 0 Å². The Balaban J connectivity index is 1.66. The summed E-state index contributed by atoms with van der Waals surface area (Å²) in [5.41, 5.74) is 0.520. The summed E-state index contributed by atoms with van der Waals surface area (Å²) in [5.74, 6) is 0.491. The third-order valence-electron chi connectivity index (χ3n) is 4.27. The SMILES string of the molecule is CC(C)(CNC(=O)CCCO[N+](=O)[O-])NCC(O)COc1cccc2[nH]ccc12. The van der Waals surface area contributed by atoms with Gasteiger partial charge in [0.2, 0.25) is 5.91 Å². The van der Waals surface area contributed by atoms with E-state index in [0.717, 1.165) is 10.9 Å². The first-order valence-corrected chi connectivity index (χ1v) is 9.43. The van der Waals surface area contributed by atoms with Crippen LogP contribution in [0.1, 0.15) is 26.7 Å². The molecule has 1 heterocycles. The smallest absolute Gasteiger partial charge is 0.294 e. The van der Waals surface area contributed by atoms with Crippen LogP contribution in [0.4, 0.5) is 0 Å². The van der Waals surface area contributed by atoms with E-state index in [0.29, 0.717) is 18.8 Å². The molecule has 2 rings (SSSR count). The van der Waals surface area contributed by atoms with Gasteiger partial charge in [-0.3, -0.25) is 4.79 Å². The molecule has 0 bridgehead atoms. The molecule has 0 spiro atoms. The topological polar surface area (TPSA) is 139 Å². The van der Waals surface area contributed by atoms with Crippen molar-refractivity contribution in [3.8, 4) is 5.75 Å². The van der Waals surface area contributed by atoms with E-state index in [2.05, 4.69) is 20.5 Å². The zero-order valence-corrected chi connectivity index (χ0v) is 16.6. The van der Waals surface area contributed by atoms with Gasteiger partial charge in [-0.1, -0.05) is 6.07 Å². The minimum atomic E-state index is -0.876. The van der Waals surface area contributed by atoms with E-state index >= 15 is 0 Å². The van der Waals surface area contributed by atoms with Crippen LogP contribution in [0.3, 0.4) is 0 Å². The number of aliphatic hydroxyl groups is 1. The van der Waals surface area contributed by atoms with Crippen LogP contribution in [0.5, 0.6) is 5.75 Å². The number of β-amino-alcohol motifs (C(OH)–C–C–N with tert-alkyl or cyclic N) is 1. The molecule has 160 valence electrons. The predicted molar refractivity (Wildman–Crippen MR) is 107 cm³/mol. The van der Waals surface area contributed by atoms with Gasteiger partial charge in [0.05, 0.1) is 6.61 Å². The second kappa shape index (κ2) is 10.6. The van der Waals surface area contributed by atoms with E-state index in [-0.39, 0.29) is 32.0 Å². The Labute approximate surface area is 168 Å². The first-order chi connectivity index (χ1) is 13.8. The van der Waals surface area contributed by atoms with Crippen molar-refractivity contribution >= 4 is 16.8 Å². The number of aromatic nitrogens is 1. The Bertz CT molecular complexity index is 807. The summed E-state index contributed by atoms with van der Waals surface area (Å²) in [4.78, 5) is 29.1. The second-order valence-electron chi connectivity index (χ2n) is 7.36. The Kier molecular flexibility index (Phi) is 8.22. The van der Waals surface area contributed by atoms with Crippen molar-refractivity contribution in [2.75, 3.05) is 26.3 Å². The number of nitrogens with one attached hydrogen (secondary N) is 3. The van der Waals surface area contributed by atoms with Crippen LogP contribution >= 0.6 is 0 Å². The molecule has 0 fully saturated rings. The Morgan fingerprint density at radius 2 is 2.17 bits per heavy atom. The van der Waals surface area contributed by atoms with E-state index in [1.807, 2.05) is 44.3 Å². The maximum atomic E-state index is 11.8. The zero-order valence-electron chi connectivity index (χ0n) is 16.6. The highest BCUT2D eigenvalue weighted by Gasteiger charge is 2.20. The van der Waals surface area contributed by atoms with Crippen LogP contribution < -0.4 is 15.4 Å². The molecule has 4 N–H and O–H groups in total. The number of amides is 1. The van der Waals surface area contributed by atoms with Gasteiger partial charge in [0, 0.05) is 42.1 Å². The molecule has 1 aromatic carbocycles. The van der Waals surface area contributed by atoms with Crippen LogP contribution in [0.25, 0.3) is 10.9 Å². The number of H-pyrrole nitrogens is 1. The number of aromatic amines is 1. The maximum absolute atomic E-state index is 11.8. The van der Waals surface area contributed by atoms with Crippen molar-refractivity contribution in [1.82, 2.24) is 15.6 Å². The van der Waals surface area contributed by atoms with E-state index in [4.69, 9.17) is 4.74 Å². The molecule has 0 radical (unpaired) electrons. The van der Waals surface area contributed by atoms with Crippen LogP contribution in [0.15, 0.2) is 30.5 Å². The molecule has 10 heteroatoms. The Morgan fingerprint density at radius 1 is 1.38 bits per heavy atom. The number of nitrogens with zero attached hydrogens (tertiary/aromatic N) is 1. The largest absolute Gasteiger partial charge is 0.490 e. The van der Waals surface area contributed by atoms with Gasteiger partial charge in [-0.2, -0.15) is 0 Å². The van der Waals surface area contributed by atoms with Gasteiger partial charge in [-0.25, -0.2) is 0 Å². The first-order valence-electron chi connectivity index (χ1n) is 9.43. The number of ether oxygens (including phenoxy) is 1. The fourth-order valence-electron chi connectivity index (χ4n) is 2.66. The summed E-state index contributed by atoms with van der Waals surface area (Å²) in [6, 6.07) is 7.61. The van der Waals surface area contributed by atoms with Crippen LogP contribution in [-0.2, 0) is 9.63 Å². The van der Waals surface area contributed by atoms with Crippen LogP contribution in [0, 0.1) is 10.1 Å². The number of aliphatic hydroxyl groups excluding tert-OH is 1. The van der Waals surface area contributed by atoms with Gasteiger partial charge in [-0.05, 0) is 38.5 Å². The lowest BCUT2D eigenvalue weighted by atomic mass is 10.1. The Morgan fingerprint density at radius 3 is 2.93 bits per heavy atom. The quantitative estimate of drug-likeness (QED) is 0.223. The molecule has 0 aliphatic carbocycles. The Hall–Kier alpha value is -2.85. The molecule has 0 saturated heterocycles. The molecular formula is C19H28N4O6. The highest BCUT2D eigenvalue weighted by molar-refractivity contribution is 5.85. The molecule has 1 atom stereocenters. The average Bonchev–Trinajstić information content (AvgIpc) is 3.16. The van der Waals surface area contributed by atoms with E-state index in [1.165, 1.54) is 0 Å². The fraction of sp³-hybridized carbons (Fsp3) is 0.526. The summed E-state index contributed by atoms with van der Waals surface area (Å²) >= 11 is 0. The number of benzene rings is 1. The number of hydrogen-bond acceptors (Lipinski definition) is 7. The molecule has 1 aromatic heterocycles. The summed E-state index contributed by atoms with van der Waals surface area (Å²) in [6.45, 7) is 4.47. The number of hydrogen-bond donors (Lipinski definition) is 4. The average molecular weight is 408 g/mol. The minimum Gasteiger partial charge on any atom is -0.490 e. The zero-order chi connectivity index (χ0) is 21.3. The van der Waals surface area contributed by atoms with Gasteiger partial charge in [0.1, 0.15) is 18.5 Å². The fourth-order valence-corrected chi connectivity index (χ4v) is 2.66. The van der Waals surface area contributed by atoms with E-state index in [1.54, 1.807) is 0 Å². The molecule has 29 heavy (non-hydrogen) atoms. The van der Waals surface area contributed by atoms with Gasteiger partial charge in [-0.15, -0.1) is 10.1 Å². The van der Waals surface area contributed by atoms with Crippen molar-refractivity contribution in [2.24, 2.45) is 0 Å². The molecule has 1 unspecified atom stereocenters. The number of carbonyl (C=O) groups excluding carboxylic acids is 1. The van der Waals surface area contributed by atoms with Crippen LogP contribution in [0.2, 0.25) is 0 Å². The van der Waals surface area contributed by atoms with Gasteiger partial charge >= 0.3 is 0 Å². The second-order valence-corrected chi connectivity index (χ2v) is 7.36. The normalized spacial score (nSPS) is 12.5. The van der Waals surface area contributed by atoms with Crippen molar-refractivity contribution < 1.29 is 24.6 Å². The third-order valence-corrected chi connectivity index (χ3v) is 4.27. The van der Waals surface area contributed by atoms with Crippen molar-refractivity contribution in [2.45, 2.75) is 38.3 Å². The monoisotopic (exact) mass is 408 g/mol. The summed E-state index contributed by atoms with van der Waals surface area (Å²) in [6.07, 6.45) is 1.52. The minimum absolute atomic E-state index is 0.106. The lowest BCUT2D eigenvalue weighted by Crippen LogP contribution is -2.51. The highest BCUT2D eigenvalue weighted by atomic mass is 16.9. The molecule has 10 nitrogen and oxygen atoms in total. The van der Waals surface area contributed by atoms with Crippen molar-refractivity contribution in [3.63, 3.8) is 0 Å². The lowest BCUT2D eigenvalue weighted by molar-refractivity contribution is -0.757. The molecule has 1 amide bonds. The predicted octanol–water partition coefficient (Wildman–Crippen LogP) is 1.38. The van der Waals surface area contributed by atoms with Crippen LogP contribution in [-0.4, -0.2) is 59.0 Å². The molecule has 2 aromatic rings. The van der Waals surface area contributed by atoms with E-state index in [9.17, 15) is 20.0 Å². The number of carbonyl (C=O) groups is 1. The molecular weight excluding hydrogens is 380 g/mol. The summed E-state index contributed by atoms with van der Waals surface area (Å²) in [7, 11) is 0. The molecule has 0 aliphatic rings. The molecule has 0 saturated carbocycles. The third kappa shape index (κ3) is 7.96. The standard InChI is InChI=1S/C19H28N4O6/c1-19(2,13-21-18(25)7-4-10-29-23(26)27)22-11-14(24)12-28-17-6-3-5-16-15(17)8-9-20-16/h3,5-6,8-9,14,20,22,24H,4,7,10-13H2,1-2H3,(H,21,25). The summed E-state index contributed by atoms with van der Waals surface area (Å²) in [5, 5.41) is 26.3. The van der Waals surface area contributed by atoms with Crippen molar-refractivity contribution in [1.29, 1.82) is 0 Å².